The van der Waals surface area contributed by atoms with Crippen molar-refractivity contribution < 1.29 is 4.79 Å². The molecule has 1 amide bonds. The van der Waals surface area contributed by atoms with Gasteiger partial charge in [0.15, 0.2) is 0 Å². The van der Waals surface area contributed by atoms with Crippen molar-refractivity contribution in [1.82, 2.24) is 24.4 Å². The van der Waals surface area contributed by atoms with Crippen LogP contribution in [-0.2, 0) is 6.54 Å². The molecule has 1 aliphatic rings. The van der Waals surface area contributed by atoms with Crippen LogP contribution >= 0.6 is 11.6 Å². The number of rotatable bonds is 4. The first-order chi connectivity index (χ1) is 13.2. The molecule has 7 heteroatoms. The van der Waals surface area contributed by atoms with Crippen LogP contribution in [0.5, 0.6) is 0 Å². The third kappa shape index (κ3) is 4.01. The topological polar surface area (TPSA) is 63.9 Å². The van der Waals surface area contributed by atoms with Gasteiger partial charge in [-0.15, -0.1) is 0 Å². The zero-order valence-electron chi connectivity index (χ0n) is 14.8. The second-order valence-electron chi connectivity index (χ2n) is 6.72. The van der Waals surface area contributed by atoms with E-state index in [2.05, 4.69) is 19.5 Å². The number of carbonyl (C=O) groups is 1. The lowest BCUT2D eigenvalue weighted by atomic mass is 9.96. The molecule has 4 heterocycles. The van der Waals surface area contributed by atoms with Gasteiger partial charge in [0, 0.05) is 50.0 Å². The number of imidazole rings is 1. The minimum atomic E-state index is -0.0301. The molecule has 3 aromatic heterocycles. The zero-order valence-corrected chi connectivity index (χ0v) is 15.6. The number of pyridine rings is 2. The summed E-state index contributed by atoms with van der Waals surface area (Å²) in [7, 11) is 0. The van der Waals surface area contributed by atoms with E-state index in [4.69, 9.17) is 11.6 Å². The Morgan fingerprint density at radius 2 is 2.15 bits per heavy atom. The number of hydrogen-bond donors (Lipinski definition) is 0. The van der Waals surface area contributed by atoms with Crippen LogP contribution in [0.3, 0.4) is 0 Å². The molecular formula is C20H20ClN5O. The van der Waals surface area contributed by atoms with Gasteiger partial charge in [-0.1, -0.05) is 17.7 Å². The van der Waals surface area contributed by atoms with Gasteiger partial charge in [0.05, 0.1) is 22.8 Å². The summed E-state index contributed by atoms with van der Waals surface area (Å²) in [5.41, 5.74) is 1.52. The molecule has 1 atom stereocenters. The number of halogens is 1. The molecule has 0 bridgehead atoms. The Morgan fingerprint density at radius 1 is 1.22 bits per heavy atom. The lowest BCUT2D eigenvalue weighted by Gasteiger charge is -2.32. The highest BCUT2D eigenvalue weighted by molar-refractivity contribution is 6.30. The number of carbonyl (C=O) groups excluding carboxylic acids is 1. The Kier molecular flexibility index (Phi) is 5.16. The predicted molar refractivity (Wildman–Crippen MR) is 103 cm³/mol. The first-order valence-electron chi connectivity index (χ1n) is 9.01. The predicted octanol–water partition coefficient (Wildman–Crippen LogP) is 3.39. The molecule has 0 aliphatic carbocycles. The zero-order chi connectivity index (χ0) is 18.6. The van der Waals surface area contributed by atoms with Crippen LogP contribution in [0.1, 0.15) is 40.6 Å². The van der Waals surface area contributed by atoms with Crippen molar-refractivity contribution in [2.45, 2.75) is 25.3 Å². The van der Waals surface area contributed by atoms with Gasteiger partial charge in [0.1, 0.15) is 5.82 Å². The number of piperidine rings is 1. The summed E-state index contributed by atoms with van der Waals surface area (Å²) in [5.74, 6) is 1.17. The van der Waals surface area contributed by atoms with E-state index in [1.807, 2.05) is 35.5 Å². The molecule has 3 aromatic rings. The van der Waals surface area contributed by atoms with E-state index in [-0.39, 0.29) is 11.8 Å². The Labute approximate surface area is 162 Å². The van der Waals surface area contributed by atoms with E-state index in [1.165, 1.54) is 6.20 Å². The van der Waals surface area contributed by atoms with Gasteiger partial charge < -0.3 is 9.47 Å². The molecule has 4 rings (SSSR count). The number of amides is 1. The van der Waals surface area contributed by atoms with E-state index >= 15 is 0 Å². The first-order valence-corrected chi connectivity index (χ1v) is 9.39. The van der Waals surface area contributed by atoms with E-state index in [0.29, 0.717) is 23.7 Å². The van der Waals surface area contributed by atoms with Crippen molar-refractivity contribution in [1.29, 1.82) is 0 Å². The van der Waals surface area contributed by atoms with Crippen molar-refractivity contribution in [2.75, 3.05) is 13.1 Å². The quantitative estimate of drug-likeness (QED) is 0.694. The number of nitrogens with zero attached hydrogens (tertiary/aromatic N) is 5. The third-order valence-corrected chi connectivity index (χ3v) is 5.04. The van der Waals surface area contributed by atoms with Gasteiger partial charge in [0.2, 0.25) is 0 Å². The molecule has 27 heavy (non-hydrogen) atoms. The minimum absolute atomic E-state index is 0.0301. The molecule has 1 unspecified atom stereocenters. The summed E-state index contributed by atoms with van der Waals surface area (Å²) in [6.07, 6.45) is 10.7. The van der Waals surface area contributed by atoms with Crippen molar-refractivity contribution in [2.24, 2.45) is 0 Å². The average Bonchev–Trinajstić information content (AvgIpc) is 3.16. The van der Waals surface area contributed by atoms with Gasteiger partial charge in [0.25, 0.3) is 5.91 Å². The van der Waals surface area contributed by atoms with Crippen LogP contribution in [-0.4, -0.2) is 43.4 Å². The Bertz CT molecular complexity index is 927. The summed E-state index contributed by atoms with van der Waals surface area (Å²) in [4.78, 5) is 27.7. The van der Waals surface area contributed by atoms with Gasteiger partial charge in [-0.3, -0.25) is 14.8 Å². The maximum Gasteiger partial charge on any atom is 0.255 e. The van der Waals surface area contributed by atoms with Crippen molar-refractivity contribution in [3.8, 4) is 0 Å². The summed E-state index contributed by atoms with van der Waals surface area (Å²) < 4.78 is 2.13. The van der Waals surface area contributed by atoms with E-state index in [0.717, 1.165) is 30.9 Å². The smallest absolute Gasteiger partial charge is 0.255 e. The standard InChI is InChI=1S/C20H20ClN5O/c21-17-10-16(11-22-12-17)20(27)26-8-3-4-15(13-26)19-24-7-9-25(19)14-18-5-1-2-6-23-18/h1-2,5-7,9-12,15H,3-4,8,13-14H2. The second kappa shape index (κ2) is 7.88. The maximum atomic E-state index is 12.8. The Balaban J connectivity index is 1.51. The third-order valence-electron chi connectivity index (χ3n) is 4.83. The van der Waals surface area contributed by atoms with Gasteiger partial charge in [-0.25, -0.2) is 4.98 Å². The molecule has 0 spiro atoms. The van der Waals surface area contributed by atoms with Crippen LogP contribution in [0.4, 0.5) is 0 Å². The normalized spacial score (nSPS) is 17.1. The Hall–Kier alpha value is -2.73. The Morgan fingerprint density at radius 3 is 2.96 bits per heavy atom. The fourth-order valence-corrected chi connectivity index (χ4v) is 3.74. The van der Waals surface area contributed by atoms with E-state index in [9.17, 15) is 4.79 Å². The molecule has 0 saturated carbocycles. The molecule has 0 radical (unpaired) electrons. The number of aromatic nitrogens is 4. The van der Waals surface area contributed by atoms with Gasteiger partial charge in [-0.05, 0) is 31.0 Å². The van der Waals surface area contributed by atoms with Gasteiger partial charge >= 0.3 is 0 Å². The molecule has 0 N–H and O–H groups in total. The monoisotopic (exact) mass is 381 g/mol. The van der Waals surface area contributed by atoms with Crippen molar-refractivity contribution >= 4 is 17.5 Å². The van der Waals surface area contributed by atoms with E-state index < -0.39 is 0 Å². The van der Waals surface area contributed by atoms with Crippen LogP contribution < -0.4 is 0 Å². The van der Waals surface area contributed by atoms with Crippen LogP contribution in [0.25, 0.3) is 0 Å². The summed E-state index contributed by atoms with van der Waals surface area (Å²) >= 11 is 5.98. The second-order valence-corrected chi connectivity index (χ2v) is 7.15. The van der Waals surface area contributed by atoms with Gasteiger partial charge in [-0.2, -0.15) is 0 Å². The molecule has 138 valence electrons. The number of likely N-dealkylation sites (tertiary alicyclic amines) is 1. The fourth-order valence-electron chi connectivity index (χ4n) is 3.56. The average molecular weight is 382 g/mol. The molecule has 1 aliphatic heterocycles. The fraction of sp³-hybridized carbons (Fsp3) is 0.300. The highest BCUT2D eigenvalue weighted by Gasteiger charge is 2.28. The van der Waals surface area contributed by atoms with E-state index in [1.54, 1.807) is 18.5 Å². The molecular weight excluding hydrogens is 362 g/mol. The lowest BCUT2D eigenvalue weighted by molar-refractivity contribution is 0.0703. The van der Waals surface area contributed by atoms with Crippen LogP contribution in [0.15, 0.2) is 55.2 Å². The highest BCUT2D eigenvalue weighted by atomic mass is 35.5. The number of hydrogen-bond acceptors (Lipinski definition) is 4. The summed E-state index contributed by atoms with van der Waals surface area (Å²) in [5, 5.41) is 0.473. The summed E-state index contributed by atoms with van der Waals surface area (Å²) in [6.45, 7) is 2.06. The van der Waals surface area contributed by atoms with Crippen molar-refractivity contribution in [3.63, 3.8) is 0 Å². The molecule has 1 saturated heterocycles. The maximum absolute atomic E-state index is 12.8. The minimum Gasteiger partial charge on any atom is -0.338 e. The van der Waals surface area contributed by atoms with Crippen LogP contribution in [0, 0.1) is 0 Å². The van der Waals surface area contributed by atoms with Crippen molar-refractivity contribution in [3.05, 3.63) is 77.4 Å². The van der Waals surface area contributed by atoms with Crippen LogP contribution in [0.2, 0.25) is 5.02 Å². The highest BCUT2D eigenvalue weighted by Crippen LogP contribution is 2.27. The first kappa shape index (κ1) is 17.7. The molecule has 6 nitrogen and oxygen atoms in total. The molecule has 1 fully saturated rings. The molecule has 0 aromatic carbocycles. The largest absolute Gasteiger partial charge is 0.338 e. The SMILES string of the molecule is O=C(c1cncc(Cl)c1)N1CCCC(c2nccn2Cc2ccccn2)C1. The summed E-state index contributed by atoms with van der Waals surface area (Å²) in [6, 6.07) is 7.57. The lowest BCUT2D eigenvalue weighted by Crippen LogP contribution is -2.39.